The standard InChI is InChI=1S/C6H6N4O/c7-2-1-6(11)10-5-3-8-9-4-5/h3-4H,1H2,(H,8,9)(H,10,11). The number of aromatic amines is 1. The number of nitrogens with one attached hydrogen (secondary N) is 2. The first-order chi connectivity index (χ1) is 5.33. The summed E-state index contributed by atoms with van der Waals surface area (Å²) in [4.78, 5) is 10.7. The van der Waals surface area contributed by atoms with Gasteiger partial charge in [-0.15, -0.1) is 0 Å². The van der Waals surface area contributed by atoms with Crippen molar-refractivity contribution in [2.75, 3.05) is 5.32 Å². The number of hydrogen-bond acceptors (Lipinski definition) is 3. The molecule has 0 radical (unpaired) electrons. The Morgan fingerprint density at radius 2 is 2.73 bits per heavy atom. The summed E-state index contributed by atoms with van der Waals surface area (Å²) in [5.41, 5.74) is 0.574. The zero-order valence-corrected chi connectivity index (χ0v) is 5.66. The van der Waals surface area contributed by atoms with Crippen LogP contribution in [0, 0.1) is 11.3 Å². The number of hydrogen-bond donors (Lipinski definition) is 2. The van der Waals surface area contributed by atoms with Crippen LogP contribution < -0.4 is 5.32 Å². The molecule has 1 amide bonds. The fourth-order valence-electron chi connectivity index (χ4n) is 0.596. The summed E-state index contributed by atoms with van der Waals surface area (Å²) < 4.78 is 0. The van der Waals surface area contributed by atoms with E-state index in [4.69, 9.17) is 5.26 Å². The Hall–Kier alpha value is -1.83. The van der Waals surface area contributed by atoms with E-state index in [1.807, 2.05) is 0 Å². The minimum Gasteiger partial charge on any atom is -0.323 e. The number of nitriles is 1. The first-order valence-electron chi connectivity index (χ1n) is 2.98. The fraction of sp³-hybridized carbons (Fsp3) is 0.167. The van der Waals surface area contributed by atoms with Gasteiger partial charge in [0.1, 0.15) is 6.42 Å². The largest absolute Gasteiger partial charge is 0.323 e. The summed E-state index contributed by atoms with van der Waals surface area (Å²) in [6.45, 7) is 0. The number of carbonyl (C=O) groups excluding carboxylic acids is 1. The molecule has 1 rings (SSSR count). The van der Waals surface area contributed by atoms with Gasteiger partial charge in [0.05, 0.1) is 18.0 Å². The van der Waals surface area contributed by atoms with E-state index in [-0.39, 0.29) is 12.3 Å². The van der Waals surface area contributed by atoms with E-state index in [2.05, 4.69) is 15.5 Å². The van der Waals surface area contributed by atoms with E-state index in [9.17, 15) is 4.79 Å². The van der Waals surface area contributed by atoms with Crippen molar-refractivity contribution >= 4 is 11.6 Å². The van der Waals surface area contributed by atoms with Crippen LogP contribution in [0.25, 0.3) is 0 Å². The second-order valence-corrected chi connectivity index (χ2v) is 1.87. The quantitative estimate of drug-likeness (QED) is 0.634. The summed E-state index contributed by atoms with van der Waals surface area (Å²) >= 11 is 0. The van der Waals surface area contributed by atoms with Crippen LogP contribution in [0.15, 0.2) is 12.4 Å². The number of anilines is 1. The van der Waals surface area contributed by atoms with Gasteiger partial charge in [0.15, 0.2) is 0 Å². The molecule has 0 aliphatic rings. The first kappa shape index (κ1) is 7.28. The van der Waals surface area contributed by atoms with E-state index >= 15 is 0 Å². The Kier molecular flexibility index (Phi) is 2.23. The van der Waals surface area contributed by atoms with Crippen molar-refractivity contribution in [3.05, 3.63) is 12.4 Å². The normalized spacial score (nSPS) is 8.64. The molecular weight excluding hydrogens is 144 g/mol. The minimum absolute atomic E-state index is 0.134. The smallest absolute Gasteiger partial charge is 0.238 e. The van der Waals surface area contributed by atoms with Gasteiger partial charge in [0.25, 0.3) is 0 Å². The average Bonchev–Trinajstić information content (AvgIpc) is 2.40. The van der Waals surface area contributed by atoms with Gasteiger partial charge in [-0.25, -0.2) is 0 Å². The third-order valence-corrected chi connectivity index (χ3v) is 1.02. The van der Waals surface area contributed by atoms with Gasteiger partial charge in [0, 0.05) is 6.20 Å². The lowest BCUT2D eigenvalue weighted by Gasteiger charge is -1.94. The van der Waals surface area contributed by atoms with Crippen LogP contribution in [0.2, 0.25) is 0 Å². The van der Waals surface area contributed by atoms with Crippen molar-refractivity contribution in [3.8, 4) is 6.07 Å². The first-order valence-corrected chi connectivity index (χ1v) is 2.98. The lowest BCUT2D eigenvalue weighted by molar-refractivity contribution is -0.115. The van der Waals surface area contributed by atoms with E-state index in [0.29, 0.717) is 5.69 Å². The highest BCUT2D eigenvalue weighted by Gasteiger charge is 1.99. The molecule has 0 fully saturated rings. The number of amides is 1. The molecule has 0 bridgehead atoms. The molecular formula is C6H6N4O. The van der Waals surface area contributed by atoms with Crippen molar-refractivity contribution in [1.82, 2.24) is 10.2 Å². The van der Waals surface area contributed by atoms with Crippen LogP contribution in [0.1, 0.15) is 6.42 Å². The van der Waals surface area contributed by atoms with Crippen LogP contribution in [-0.4, -0.2) is 16.1 Å². The lowest BCUT2D eigenvalue weighted by Crippen LogP contribution is -2.09. The predicted molar refractivity (Wildman–Crippen MR) is 37.4 cm³/mol. The number of nitrogens with zero attached hydrogens (tertiary/aromatic N) is 2. The zero-order chi connectivity index (χ0) is 8.10. The second kappa shape index (κ2) is 3.37. The monoisotopic (exact) mass is 150 g/mol. The molecule has 56 valence electrons. The molecule has 1 aromatic rings. The molecule has 0 aliphatic carbocycles. The van der Waals surface area contributed by atoms with Crippen molar-refractivity contribution in [2.24, 2.45) is 0 Å². The van der Waals surface area contributed by atoms with Crippen LogP contribution >= 0.6 is 0 Å². The van der Waals surface area contributed by atoms with Gasteiger partial charge in [-0.1, -0.05) is 0 Å². The van der Waals surface area contributed by atoms with Crippen LogP contribution in [-0.2, 0) is 4.79 Å². The van der Waals surface area contributed by atoms with E-state index in [1.54, 1.807) is 6.07 Å². The fourth-order valence-corrected chi connectivity index (χ4v) is 0.596. The second-order valence-electron chi connectivity index (χ2n) is 1.87. The average molecular weight is 150 g/mol. The van der Waals surface area contributed by atoms with Crippen molar-refractivity contribution in [1.29, 1.82) is 5.26 Å². The molecule has 0 unspecified atom stereocenters. The Morgan fingerprint density at radius 1 is 1.91 bits per heavy atom. The number of rotatable bonds is 2. The maximum atomic E-state index is 10.7. The summed E-state index contributed by atoms with van der Waals surface area (Å²) in [5, 5.41) is 16.7. The highest BCUT2D eigenvalue weighted by Crippen LogP contribution is 2.00. The molecule has 0 saturated carbocycles. The van der Waals surface area contributed by atoms with E-state index in [0.717, 1.165) is 0 Å². The van der Waals surface area contributed by atoms with Crippen LogP contribution in [0.4, 0.5) is 5.69 Å². The van der Waals surface area contributed by atoms with Gasteiger partial charge in [0.2, 0.25) is 5.91 Å². The van der Waals surface area contributed by atoms with Crippen LogP contribution in [0.3, 0.4) is 0 Å². The van der Waals surface area contributed by atoms with Crippen molar-refractivity contribution in [3.63, 3.8) is 0 Å². The Morgan fingerprint density at radius 3 is 3.27 bits per heavy atom. The molecule has 1 aromatic heterocycles. The molecule has 0 saturated heterocycles. The van der Waals surface area contributed by atoms with Gasteiger partial charge in [-0.3, -0.25) is 9.89 Å². The number of carbonyl (C=O) groups is 1. The minimum atomic E-state index is -0.325. The van der Waals surface area contributed by atoms with Gasteiger partial charge >= 0.3 is 0 Å². The molecule has 0 atom stereocenters. The molecule has 0 aromatic carbocycles. The Bertz CT molecular complexity index is 271. The zero-order valence-electron chi connectivity index (χ0n) is 5.66. The lowest BCUT2D eigenvalue weighted by atomic mass is 10.4. The topological polar surface area (TPSA) is 81.6 Å². The predicted octanol–water partition coefficient (Wildman–Crippen LogP) is 0.262. The van der Waals surface area contributed by atoms with Gasteiger partial charge < -0.3 is 5.32 Å². The summed E-state index contributed by atoms with van der Waals surface area (Å²) in [7, 11) is 0. The molecule has 0 spiro atoms. The molecule has 0 aliphatic heterocycles. The van der Waals surface area contributed by atoms with E-state index < -0.39 is 0 Å². The highest BCUT2D eigenvalue weighted by atomic mass is 16.1. The Labute approximate surface area is 63.0 Å². The molecule has 11 heavy (non-hydrogen) atoms. The molecule has 5 heteroatoms. The summed E-state index contributed by atoms with van der Waals surface area (Å²) in [6.07, 6.45) is 2.87. The maximum absolute atomic E-state index is 10.7. The third-order valence-electron chi connectivity index (χ3n) is 1.02. The number of H-pyrrole nitrogens is 1. The third kappa shape index (κ3) is 2.10. The SMILES string of the molecule is N#CCC(=O)Nc1cn[nH]c1. The van der Waals surface area contributed by atoms with Crippen LogP contribution in [0.5, 0.6) is 0 Å². The van der Waals surface area contributed by atoms with Crippen molar-refractivity contribution < 1.29 is 4.79 Å². The maximum Gasteiger partial charge on any atom is 0.238 e. The van der Waals surface area contributed by atoms with Gasteiger partial charge in [-0.05, 0) is 0 Å². The highest BCUT2D eigenvalue weighted by molar-refractivity contribution is 5.91. The number of aromatic nitrogens is 2. The van der Waals surface area contributed by atoms with Gasteiger partial charge in [-0.2, -0.15) is 10.4 Å². The summed E-state index contributed by atoms with van der Waals surface area (Å²) in [6, 6.07) is 1.74. The molecule has 2 N–H and O–H groups in total. The molecule has 1 heterocycles. The van der Waals surface area contributed by atoms with Crippen molar-refractivity contribution in [2.45, 2.75) is 6.42 Å². The summed E-state index contributed by atoms with van der Waals surface area (Å²) in [5.74, 6) is -0.325. The van der Waals surface area contributed by atoms with E-state index in [1.165, 1.54) is 12.4 Å². The molecule has 5 nitrogen and oxygen atoms in total. The Balaban J connectivity index is 2.45.